The second-order valence-electron chi connectivity index (χ2n) is 9.42. The molecule has 2 aromatic carbocycles. The molecule has 2 N–H and O–H groups in total. The second-order valence-corrected chi connectivity index (χ2v) is 9.42. The lowest BCUT2D eigenvalue weighted by molar-refractivity contribution is -0.142. The van der Waals surface area contributed by atoms with Gasteiger partial charge in [-0.3, -0.25) is 14.3 Å². The van der Waals surface area contributed by atoms with Gasteiger partial charge in [0, 0.05) is 23.7 Å². The third-order valence-corrected chi connectivity index (χ3v) is 6.96. The van der Waals surface area contributed by atoms with Crippen LogP contribution < -0.4 is 10.1 Å². The molecule has 1 saturated carbocycles. The van der Waals surface area contributed by atoms with Crippen molar-refractivity contribution in [3.63, 3.8) is 0 Å². The van der Waals surface area contributed by atoms with E-state index >= 15 is 0 Å². The van der Waals surface area contributed by atoms with Gasteiger partial charge < -0.3 is 15.2 Å². The molecule has 5 rings (SSSR count). The van der Waals surface area contributed by atoms with E-state index < -0.39 is 5.97 Å². The number of ether oxygens (including phenoxy) is 1. The summed E-state index contributed by atoms with van der Waals surface area (Å²) >= 11 is 0. The molecule has 1 aliphatic rings. The second kappa shape index (κ2) is 10.8. The predicted molar refractivity (Wildman–Crippen MR) is 141 cm³/mol. The zero-order chi connectivity index (χ0) is 25.8. The molecule has 0 bridgehead atoms. The van der Waals surface area contributed by atoms with Gasteiger partial charge in [0.1, 0.15) is 0 Å². The van der Waals surface area contributed by atoms with Gasteiger partial charge in [-0.2, -0.15) is 5.10 Å². The van der Waals surface area contributed by atoms with Crippen molar-refractivity contribution < 1.29 is 19.4 Å². The summed E-state index contributed by atoms with van der Waals surface area (Å²) < 4.78 is 7.38. The maximum absolute atomic E-state index is 13.2. The highest BCUT2D eigenvalue weighted by atomic mass is 16.5. The number of nitrogens with zero attached hydrogens (tertiary/aromatic N) is 3. The molecule has 0 unspecified atom stereocenters. The molecule has 0 saturated heterocycles. The molecule has 0 aliphatic heterocycles. The van der Waals surface area contributed by atoms with E-state index in [2.05, 4.69) is 39.7 Å². The van der Waals surface area contributed by atoms with E-state index in [9.17, 15) is 14.7 Å². The highest BCUT2D eigenvalue weighted by molar-refractivity contribution is 6.05. The summed E-state index contributed by atoms with van der Waals surface area (Å²) in [7, 11) is 0. The molecule has 8 heteroatoms. The molecule has 1 amide bonds. The van der Waals surface area contributed by atoms with Crippen molar-refractivity contribution in [3.05, 3.63) is 78.1 Å². The Balaban J connectivity index is 1.32. The van der Waals surface area contributed by atoms with Crippen molar-refractivity contribution in [1.29, 1.82) is 0 Å². The fourth-order valence-electron chi connectivity index (χ4n) is 4.99. The van der Waals surface area contributed by atoms with E-state index in [-0.39, 0.29) is 17.9 Å². The minimum absolute atomic E-state index is 0.0151. The van der Waals surface area contributed by atoms with Crippen LogP contribution in [0.15, 0.2) is 67.0 Å². The smallest absolute Gasteiger partial charge is 0.306 e. The first-order valence-corrected chi connectivity index (χ1v) is 12.7. The van der Waals surface area contributed by atoms with Crippen LogP contribution in [0.4, 0.5) is 0 Å². The third-order valence-electron chi connectivity index (χ3n) is 6.96. The molecular weight excluding hydrogens is 468 g/mol. The van der Waals surface area contributed by atoms with Gasteiger partial charge in [0.15, 0.2) is 0 Å². The Morgan fingerprint density at radius 2 is 1.84 bits per heavy atom. The first kappa shape index (κ1) is 24.5. The van der Waals surface area contributed by atoms with Crippen molar-refractivity contribution in [3.8, 4) is 17.0 Å². The summed E-state index contributed by atoms with van der Waals surface area (Å²) in [5.41, 5.74) is 4.53. The van der Waals surface area contributed by atoms with Gasteiger partial charge in [-0.25, -0.2) is 4.98 Å². The Kier molecular flexibility index (Phi) is 7.16. The molecule has 190 valence electrons. The van der Waals surface area contributed by atoms with Gasteiger partial charge in [-0.05, 0) is 61.4 Å². The number of para-hydroxylation sites is 1. The Bertz CT molecular complexity index is 1410. The quantitative estimate of drug-likeness (QED) is 0.357. The molecule has 2 aromatic heterocycles. The van der Waals surface area contributed by atoms with Gasteiger partial charge in [0.05, 0.1) is 36.3 Å². The van der Waals surface area contributed by atoms with Crippen molar-refractivity contribution in [2.45, 2.75) is 45.2 Å². The minimum atomic E-state index is -0.748. The number of fused-ring (bicyclic) bond motifs is 1. The molecule has 4 aromatic rings. The lowest BCUT2D eigenvalue weighted by Crippen LogP contribution is -2.38. The average molecular weight is 499 g/mol. The van der Waals surface area contributed by atoms with E-state index in [0.29, 0.717) is 50.3 Å². The van der Waals surface area contributed by atoms with Crippen LogP contribution in [0, 0.1) is 5.92 Å². The number of carboxylic acid groups (broad SMARTS) is 1. The maximum Gasteiger partial charge on any atom is 0.306 e. The van der Waals surface area contributed by atoms with Crippen LogP contribution in [0.25, 0.3) is 22.0 Å². The number of aromatic nitrogens is 3. The van der Waals surface area contributed by atoms with Crippen LogP contribution in [0.5, 0.6) is 5.88 Å². The van der Waals surface area contributed by atoms with E-state index in [1.807, 2.05) is 41.9 Å². The van der Waals surface area contributed by atoms with Crippen LogP contribution in [-0.4, -0.2) is 44.4 Å². The number of aliphatic carboxylic acids is 1. The lowest BCUT2D eigenvalue weighted by atomic mass is 9.86. The molecule has 0 radical (unpaired) electrons. The van der Waals surface area contributed by atoms with Crippen LogP contribution in [0.3, 0.4) is 0 Å². The van der Waals surface area contributed by atoms with Gasteiger partial charge in [-0.15, -0.1) is 0 Å². The Labute approximate surface area is 215 Å². The standard InChI is InChI=1S/C29H30N4O4/c1-2-37-26-16-22(14-15-30-26)20-8-6-19(7-9-20)18-33-27-23(17-31-33)4-3-5-25(27)28(34)32-24-12-10-21(11-13-24)29(35)36/h3-9,14-17,21,24H,2,10-13,18H2,1H3,(H,32,34)(H,35,36). The van der Waals surface area contributed by atoms with Gasteiger partial charge >= 0.3 is 5.97 Å². The summed E-state index contributed by atoms with van der Waals surface area (Å²) in [5, 5.41) is 17.8. The van der Waals surface area contributed by atoms with Crippen molar-refractivity contribution in [1.82, 2.24) is 20.1 Å². The SMILES string of the molecule is CCOc1cc(-c2ccc(Cn3ncc4cccc(C(=O)NC5CCC(C(=O)O)CC5)c43)cc2)ccn1. The zero-order valence-electron chi connectivity index (χ0n) is 20.8. The highest BCUT2D eigenvalue weighted by Gasteiger charge is 2.27. The molecule has 37 heavy (non-hydrogen) atoms. The Morgan fingerprint density at radius 3 is 2.57 bits per heavy atom. The van der Waals surface area contributed by atoms with Gasteiger partial charge in [-0.1, -0.05) is 36.4 Å². The molecule has 2 heterocycles. The van der Waals surface area contributed by atoms with Crippen LogP contribution >= 0.6 is 0 Å². The normalized spacial score (nSPS) is 17.4. The summed E-state index contributed by atoms with van der Waals surface area (Å²) in [6.07, 6.45) is 6.05. The number of carbonyl (C=O) groups excluding carboxylic acids is 1. The highest BCUT2D eigenvalue weighted by Crippen LogP contribution is 2.27. The van der Waals surface area contributed by atoms with Crippen LogP contribution in [0.2, 0.25) is 0 Å². The van der Waals surface area contributed by atoms with Gasteiger partial charge in [0.25, 0.3) is 5.91 Å². The molecule has 8 nitrogen and oxygen atoms in total. The molecular formula is C29H30N4O4. The van der Waals surface area contributed by atoms with E-state index in [1.165, 1.54) is 0 Å². The van der Waals surface area contributed by atoms with E-state index in [0.717, 1.165) is 27.6 Å². The predicted octanol–water partition coefficient (Wildman–Crippen LogP) is 4.92. The number of hydrogen-bond donors (Lipinski definition) is 2. The van der Waals surface area contributed by atoms with Crippen molar-refractivity contribution in [2.75, 3.05) is 6.61 Å². The van der Waals surface area contributed by atoms with Crippen molar-refractivity contribution >= 4 is 22.8 Å². The number of carboxylic acids is 1. The summed E-state index contributed by atoms with van der Waals surface area (Å²) in [6.45, 7) is 3.03. The number of carbonyl (C=O) groups is 2. The number of hydrogen-bond acceptors (Lipinski definition) is 5. The minimum Gasteiger partial charge on any atom is -0.481 e. The van der Waals surface area contributed by atoms with E-state index in [1.54, 1.807) is 12.4 Å². The molecule has 1 fully saturated rings. The fourth-order valence-corrected chi connectivity index (χ4v) is 4.99. The number of amides is 1. The number of nitrogens with one attached hydrogen (secondary N) is 1. The Morgan fingerprint density at radius 1 is 1.05 bits per heavy atom. The molecule has 0 atom stereocenters. The summed E-state index contributed by atoms with van der Waals surface area (Å²) in [4.78, 5) is 28.7. The topological polar surface area (TPSA) is 106 Å². The van der Waals surface area contributed by atoms with Crippen LogP contribution in [0.1, 0.15) is 48.5 Å². The fraction of sp³-hybridized carbons (Fsp3) is 0.310. The monoisotopic (exact) mass is 498 g/mol. The van der Waals surface area contributed by atoms with E-state index in [4.69, 9.17) is 4.74 Å². The molecule has 1 aliphatic carbocycles. The van der Waals surface area contributed by atoms with Crippen LogP contribution in [-0.2, 0) is 11.3 Å². The number of benzene rings is 2. The number of pyridine rings is 1. The number of rotatable bonds is 8. The zero-order valence-corrected chi connectivity index (χ0v) is 20.8. The first-order chi connectivity index (χ1) is 18.0. The maximum atomic E-state index is 13.2. The lowest BCUT2D eigenvalue weighted by Gasteiger charge is -2.27. The largest absolute Gasteiger partial charge is 0.481 e. The average Bonchev–Trinajstić information content (AvgIpc) is 3.32. The Hall–Kier alpha value is -4.20. The first-order valence-electron chi connectivity index (χ1n) is 12.7. The third kappa shape index (κ3) is 5.48. The summed E-state index contributed by atoms with van der Waals surface area (Å²) in [6, 6.07) is 17.8. The summed E-state index contributed by atoms with van der Waals surface area (Å²) in [5.74, 6) is -0.603. The molecule has 0 spiro atoms. The van der Waals surface area contributed by atoms with Crippen molar-refractivity contribution in [2.24, 2.45) is 5.92 Å². The van der Waals surface area contributed by atoms with Gasteiger partial charge in [0.2, 0.25) is 5.88 Å².